The lowest BCUT2D eigenvalue weighted by atomic mass is 10.2. The van der Waals surface area contributed by atoms with Gasteiger partial charge < -0.3 is 10.2 Å². The van der Waals surface area contributed by atoms with E-state index >= 15 is 0 Å². The van der Waals surface area contributed by atoms with Crippen LogP contribution in [0.3, 0.4) is 0 Å². The van der Waals surface area contributed by atoms with Crippen molar-refractivity contribution in [2.24, 2.45) is 0 Å². The lowest BCUT2D eigenvalue weighted by Crippen LogP contribution is -2.25. The molecule has 2 aromatic carbocycles. The highest BCUT2D eigenvalue weighted by molar-refractivity contribution is 5.93. The lowest BCUT2D eigenvalue weighted by molar-refractivity contribution is 0.0945. The van der Waals surface area contributed by atoms with Gasteiger partial charge in [0.1, 0.15) is 17.8 Å². The number of nitrogens with zero attached hydrogens (tertiary/aromatic N) is 4. The molecule has 1 amide bonds. The summed E-state index contributed by atoms with van der Waals surface area (Å²) in [6.45, 7) is 1.03. The molecule has 0 aliphatic carbocycles. The summed E-state index contributed by atoms with van der Waals surface area (Å²) in [5.41, 5.74) is 3.43. The minimum atomic E-state index is -0.247. The molecule has 0 atom stereocenters. The number of amides is 1. The van der Waals surface area contributed by atoms with Crippen molar-refractivity contribution in [3.8, 4) is 0 Å². The van der Waals surface area contributed by atoms with E-state index in [0.29, 0.717) is 24.6 Å². The fourth-order valence-electron chi connectivity index (χ4n) is 3.07. The van der Waals surface area contributed by atoms with Crippen molar-refractivity contribution in [1.82, 2.24) is 20.3 Å². The zero-order chi connectivity index (χ0) is 20.6. The summed E-state index contributed by atoms with van der Waals surface area (Å²) in [5.74, 6) is 0.414. The summed E-state index contributed by atoms with van der Waals surface area (Å²) in [5, 5.41) is 2.90. The number of rotatable bonds is 7. The molecule has 4 rings (SSSR count). The summed E-state index contributed by atoms with van der Waals surface area (Å²) in [6.07, 6.45) is 4.83. The number of aromatic nitrogens is 3. The molecule has 0 spiro atoms. The van der Waals surface area contributed by atoms with Crippen molar-refractivity contribution in [2.45, 2.75) is 13.1 Å². The highest BCUT2D eigenvalue weighted by Gasteiger charge is 2.15. The van der Waals surface area contributed by atoms with E-state index in [2.05, 4.69) is 37.3 Å². The van der Waals surface area contributed by atoms with E-state index in [-0.39, 0.29) is 5.91 Å². The molecule has 0 saturated carbocycles. The van der Waals surface area contributed by atoms with Crippen LogP contribution in [-0.2, 0) is 13.1 Å². The van der Waals surface area contributed by atoms with E-state index in [9.17, 15) is 4.79 Å². The van der Waals surface area contributed by atoms with Crippen molar-refractivity contribution in [3.05, 3.63) is 114 Å². The van der Waals surface area contributed by atoms with Crippen LogP contribution in [0.2, 0.25) is 0 Å². The Morgan fingerprint density at radius 3 is 2.27 bits per heavy atom. The molecule has 6 nitrogen and oxygen atoms in total. The largest absolute Gasteiger partial charge is 0.347 e. The van der Waals surface area contributed by atoms with Gasteiger partial charge in [0.15, 0.2) is 0 Å². The number of benzene rings is 2. The fraction of sp³-hybridized carbons (Fsp3) is 0.0833. The van der Waals surface area contributed by atoms with Crippen LogP contribution in [0.5, 0.6) is 0 Å². The summed E-state index contributed by atoms with van der Waals surface area (Å²) in [4.78, 5) is 27.3. The van der Waals surface area contributed by atoms with Gasteiger partial charge in [0.25, 0.3) is 5.91 Å². The number of hydrogen-bond acceptors (Lipinski definition) is 5. The van der Waals surface area contributed by atoms with Crippen LogP contribution >= 0.6 is 0 Å². The van der Waals surface area contributed by atoms with Crippen LogP contribution < -0.4 is 10.2 Å². The van der Waals surface area contributed by atoms with E-state index in [1.165, 1.54) is 6.33 Å². The van der Waals surface area contributed by atoms with E-state index in [0.717, 1.165) is 16.8 Å². The molecule has 0 aliphatic rings. The number of hydrogen-bond donors (Lipinski definition) is 1. The van der Waals surface area contributed by atoms with Crippen molar-refractivity contribution >= 4 is 17.4 Å². The maximum Gasteiger partial charge on any atom is 0.270 e. The Morgan fingerprint density at radius 1 is 0.833 bits per heavy atom. The smallest absolute Gasteiger partial charge is 0.270 e. The van der Waals surface area contributed by atoms with Crippen molar-refractivity contribution in [1.29, 1.82) is 0 Å². The number of carbonyl (C=O) groups is 1. The highest BCUT2D eigenvalue weighted by atomic mass is 16.1. The third kappa shape index (κ3) is 4.86. The van der Waals surface area contributed by atoms with Crippen molar-refractivity contribution < 1.29 is 4.79 Å². The predicted octanol–water partition coefficient (Wildman–Crippen LogP) is 4.14. The zero-order valence-electron chi connectivity index (χ0n) is 16.3. The number of pyridine rings is 1. The standard InChI is InChI=1S/C24H21N5O/c30-24(26-16-19-11-13-25-14-12-19)22-15-23(28-18-27-22)29(21-9-5-2-6-10-21)17-20-7-3-1-4-8-20/h1-15,18H,16-17H2,(H,26,30). The normalized spacial score (nSPS) is 10.4. The predicted molar refractivity (Wildman–Crippen MR) is 116 cm³/mol. The molecule has 0 unspecified atom stereocenters. The topological polar surface area (TPSA) is 71.0 Å². The highest BCUT2D eigenvalue weighted by Crippen LogP contribution is 2.25. The monoisotopic (exact) mass is 395 g/mol. The van der Waals surface area contributed by atoms with E-state index in [4.69, 9.17) is 0 Å². The second kappa shape index (κ2) is 9.43. The van der Waals surface area contributed by atoms with Gasteiger partial charge in [0.2, 0.25) is 0 Å². The van der Waals surface area contributed by atoms with Crippen LogP contribution in [-0.4, -0.2) is 20.9 Å². The SMILES string of the molecule is O=C(NCc1ccncc1)c1cc(N(Cc2ccccc2)c2ccccc2)ncn1. The lowest BCUT2D eigenvalue weighted by Gasteiger charge is -2.24. The Bertz CT molecular complexity index is 1090. The molecule has 0 fully saturated rings. The van der Waals surface area contributed by atoms with Crippen LogP contribution in [0.25, 0.3) is 0 Å². The van der Waals surface area contributed by atoms with Gasteiger partial charge in [-0.2, -0.15) is 0 Å². The number of anilines is 2. The maximum atomic E-state index is 12.7. The zero-order valence-corrected chi connectivity index (χ0v) is 16.3. The van der Waals surface area contributed by atoms with E-state index in [1.54, 1.807) is 18.5 Å². The Morgan fingerprint density at radius 2 is 1.53 bits per heavy atom. The fourth-order valence-corrected chi connectivity index (χ4v) is 3.07. The van der Waals surface area contributed by atoms with Gasteiger partial charge in [-0.1, -0.05) is 48.5 Å². The minimum Gasteiger partial charge on any atom is -0.347 e. The molecule has 0 saturated heterocycles. The van der Waals surface area contributed by atoms with Crippen molar-refractivity contribution in [2.75, 3.05) is 4.90 Å². The third-order valence-electron chi connectivity index (χ3n) is 4.62. The second-order valence-electron chi connectivity index (χ2n) is 6.71. The van der Waals surface area contributed by atoms with E-state index < -0.39 is 0 Å². The molecule has 2 aromatic heterocycles. The third-order valence-corrected chi connectivity index (χ3v) is 4.62. The van der Waals surface area contributed by atoms with Gasteiger partial charge in [-0.25, -0.2) is 9.97 Å². The summed E-state index contributed by atoms with van der Waals surface area (Å²) < 4.78 is 0. The summed E-state index contributed by atoms with van der Waals surface area (Å²) in [6, 6.07) is 25.6. The molecule has 30 heavy (non-hydrogen) atoms. The molecule has 0 bridgehead atoms. The molecule has 6 heteroatoms. The number of carbonyl (C=O) groups excluding carboxylic acids is 1. The first-order valence-electron chi connectivity index (χ1n) is 9.65. The van der Waals surface area contributed by atoms with Gasteiger partial charge in [0.05, 0.1) is 0 Å². The Labute approximate surface area is 175 Å². The molecule has 0 radical (unpaired) electrons. The van der Waals surface area contributed by atoms with Gasteiger partial charge in [-0.05, 0) is 35.4 Å². The number of nitrogens with one attached hydrogen (secondary N) is 1. The molecule has 1 N–H and O–H groups in total. The summed E-state index contributed by atoms with van der Waals surface area (Å²) in [7, 11) is 0. The van der Waals surface area contributed by atoms with Crippen molar-refractivity contribution in [3.63, 3.8) is 0 Å². The second-order valence-corrected chi connectivity index (χ2v) is 6.71. The Hall–Kier alpha value is -4.06. The van der Waals surface area contributed by atoms with Crippen LogP contribution in [0.4, 0.5) is 11.5 Å². The molecule has 148 valence electrons. The molecule has 0 aliphatic heterocycles. The Balaban J connectivity index is 1.57. The quantitative estimate of drug-likeness (QED) is 0.509. The first kappa shape index (κ1) is 19.3. The first-order valence-corrected chi connectivity index (χ1v) is 9.65. The molecule has 2 heterocycles. The van der Waals surface area contributed by atoms with Crippen LogP contribution in [0.1, 0.15) is 21.6 Å². The van der Waals surface area contributed by atoms with Gasteiger partial charge in [-0.15, -0.1) is 0 Å². The van der Waals surface area contributed by atoms with Gasteiger partial charge in [0, 0.05) is 37.2 Å². The van der Waals surface area contributed by atoms with E-state index in [1.807, 2.05) is 60.7 Å². The van der Waals surface area contributed by atoms with Gasteiger partial charge in [-0.3, -0.25) is 9.78 Å². The average molecular weight is 395 g/mol. The van der Waals surface area contributed by atoms with Gasteiger partial charge >= 0.3 is 0 Å². The Kier molecular flexibility index (Phi) is 6.05. The minimum absolute atomic E-state index is 0.247. The maximum absolute atomic E-state index is 12.7. The van der Waals surface area contributed by atoms with Crippen LogP contribution in [0.15, 0.2) is 97.6 Å². The average Bonchev–Trinajstić information content (AvgIpc) is 2.83. The molecule has 4 aromatic rings. The van der Waals surface area contributed by atoms with Crippen LogP contribution in [0, 0.1) is 0 Å². The molecular formula is C24H21N5O. The number of para-hydroxylation sites is 1. The molecular weight excluding hydrogens is 374 g/mol. The summed E-state index contributed by atoms with van der Waals surface area (Å²) >= 11 is 0. The first-order chi connectivity index (χ1) is 14.8.